The number of nitrogens with one attached hydrogen (secondary N) is 1. The maximum absolute atomic E-state index is 11.8. The Morgan fingerprint density at radius 3 is 2.59 bits per heavy atom. The second-order valence-electron chi connectivity index (χ2n) is 3.92. The number of amides is 1. The average Bonchev–Trinajstić information content (AvgIpc) is 2.27. The van der Waals surface area contributed by atoms with Gasteiger partial charge in [0.25, 0.3) is 5.91 Å². The molecule has 0 aliphatic carbocycles. The Bertz CT molecular complexity index is 446. The molecule has 6 heteroatoms. The molecular weight excluding hydrogens is 244 g/mol. The molecule has 0 spiro atoms. The lowest BCUT2D eigenvalue weighted by atomic mass is 10.1. The fourth-order valence-corrected chi connectivity index (χ4v) is 1.35. The molecule has 0 atom stereocenters. The Balaban J connectivity index is 2.83. The zero-order valence-corrected chi connectivity index (χ0v) is 10.5. The molecule has 0 aromatic carbocycles. The van der Waals surface area contributed by atoms with E-state index in [1.54, 1.807) is 26.0 Å². The molecule has 0 unspecified atom stereocenters. The van der Waals surface area contributed by atoms with Crippen molar-refractivity contribution in [3.63, 3.8) is 0 Å². The Kier molecular flexibility index (Phi) is 4.07. The number of carbonyl (C=O) groups is 2. The van der Waals surface area contributed by atoms with E-state index in [0.717, 1.165) is 0 Å². The first-order chi connectivity index (χ1) is 7.86. The van der Waals surface area contributed by atoms with Crippen molar-refractivity contribution in [3.8, 4) is 0 Å². The van der Waals surface area contributed by atoms with Crippen LogP contribution in [0.15, 0.2) is 18.2 Å². The minimum Gasteiger partial charge on any atom is -0.467 e. The van der Waals surface area contributed by atoms with Gasteiger partial charge in [0.05, 0.1) is 7.11 Å². The van der Waals surface area contributed by atoms with Gasteiger partial charge < -0.3 is 10.1 Å². The summed E-state index contributed by atoms with van der Waals surface area (Å²) in [5.74, 6) is -1.02. The summed E-state index contributed by atoms with van der Waals surface area (Å²) in [4.78, 5) is 27.0. The lowest BCUT2D eigenvalue weighted by molar-refractivity contribution is -0.146. The molecule has 0 saturated carbocycles. The van der Waals surface area contributed by atoms with E-state index < -0.39 is 17.4 Å². The predicted molar refractivity (Wildman–Crippen MR) is 62.8 cm³/mol. The average molecular weight is 257 g/mol. The molecule has 1 rings (SSSR count). The number of carbonyl (C=O) groups excluding carboxylic acids is 2. The predicted octanol–water partition coefficient (Wildman–Crippen LogP) is 1.42. The Morgan fingerprint density at radius 2 is 2.06 bits per heavy atom. The van der Waals surface area contributed by atoms with Gasteiger partial charge in [-0.25, -0.2) is 9.78 Å². The Morgan fingerprint density at radius 1 is 1.41 bits per heavy atom. The van der Waals surface area contributed by atoms with Crippen LogP contribution in [0.4, 0.5) is 0 Å². The summed E-state index contributed by atoms with van der Waals surface area (Å²) in [5, 5.41) is 2.73. The van der Waals surface area contributed by atoms with E-state index in [4.69, 9.17) is 11.6 Å². The maximum Gasteiger partial charge on any atom is 0.330 e. The van der Waals surface area contributed by atoms with Gasteiger partial charge in [-0.2, -0.15) is 0 Å². The third-order valence-corrected chi connectivity index (χ3v) is 2.28. The van der Waals surface area contributed by atoms with Crippen molar-refractivity contribution in [2.45, 2.75) is 19.4 Å². The van der Waals surface area contributed by atoms with Crippen LogP contribution in [-0.2, 0) is 9.53 Å². The first-order valence-corrected chi connectivity index (χ1v) is 5.28. The van der Waals surface area contributed by atoms with Gasteiger partial charge in [-0.15, -0.1) is 0 Å². The van der Waals surface area contributed by atoms with E-state index in [2.05, 4.69) is 15.0 Å². The third kappa shape index (κ3) is 3.42. The summed E-state index contributed by atoms with van der Waals surface area (Å²) in [6, 6.07) is 4.67. The number of hydrogen-bond donors (Lipinski definition) is 1. The van der Waals surface area contributed by atoms with E-state index in [1.165, 1.54) is 13.2 Å². The van der Waals surface area contributed by atoms with Crippen LogP contribution in [0.5, 0.6) is 0 Å². The van der Waals surface area contributed by atoms with E-state index in [0.29, 0.717) is 0 Å². The topological polar surface area (TPSA) is 68.3 Å². The highest BCUT2D eigenvalue weighted by Crippen LogP contribution is 2.09. The zero-order valence-electron chi connectivity index (χ0n) is 9.78. The standard InChI is InChI=1S/C11H13ClN2O3/c1-11(2,10(16)17-3)14-9(15)7-5-4-6-8(12)13-7/h4-6H,1-3H3,(H,14,15). The molecule has 0 bridgehead atoms. The normalized spacial score (nSPS) is 10.8. The molecule has 92 valence electrons. The molecule has 0 fully saturated rings. The van der Waals surface area contributed by atoms with Crippen molar-refractivity contribution in [2.24, 2.45) is 0 Å². The number of pyridine rings is 1. The highest BCUT2D eigenvalue weighted by molar-refractivity contribution is 6.29. The third-order valence-electron chi connectivity index (χ3n) is 2.07. The maximum atomic E-state index is 11.8. The molecule has 17 heavy (non-hydrogen) atoms. The number of halogens is 1. The van der Waals surface area contributed by atoms with Crippen molar-refractivity contribution in [3.05, 3.63) is 29.0 Å². The van der Waals surface area contributed by atoms with Crippen molar-refractivity contribution in [1.29, 1.82) is 0 Å². The smallest absolute Gasteiger partial charge is 0.330 e. The highest BCUT2D eigenvalue weighted by atomic mass is 35.5. The molecule has 1 aromatic heterocycles. The number of methoxy groups -OCH3 is 1. The Hall–Kier alpha value is -1.62. The SMILES string of the molecule is COC(=O)C(C)(C)NC(=O)c1cccc(Cl)n1. The van der Waals surface area contributed by atoms with Gasteiger partial charge in [-0.05, 0) is 26.0 Å². The summed E-state index contributed by atoms with van der Waals surface area (Å²) in [6.45, 7) is 3.09. The van der Waals surface area contributed by atoms with E-state index in [9.17, 15) is 9.59 Å². The first kappa shape index (κ1) is 13.4. The van der Waals surface area contributed by atoms with Gasteiger partial charge in [-0.3, -0.25) is 4.79 Å². The van der Waals surface area contributed by atoms with Gasteiger partial charge in [0.15, 0.2) is 0 Å². The van der Waals surface area contributed by atoms with Crippen molar-refractivity contribution < 1.29 is 14.3 Å². The molecule has 1 N–H and O–H groups in total. The summed E-state index contributed by atoms with van der Waals surface area (Å²) < 4.78 is 4.58. The van der Waals surface area contributed by atoms with Crippen LogP contribution < -0.4 is 5.32 Å². The summed E-state index contributed by atoms with van der Waals surface area (Å²) in [6.07, 6.45) is 0. The van der Waals surface area contributed by atoms with Crippen LogP contribution in [0.2, 0.25) is 5.15 Å². The minimum absolute atomic E-state index is 0.148. The molecule has 5 nitrogen and oxygen atoms in total. The van der Waals surface area contributed by atoms with Crippen molar-refractivity contribution >= 4 is 23.5 Å². The van der Waals surface area contributed by atoms with Crippen LogP contribution >= 0.6 is 11.6 Å². The number of esters is 1. The van der Waals surface area contributed by atoms with E-state index in [-0.39, 0.29) is 10.8 Å². The van der Waals surface area contributed by atoms with E-state index >= 15 is 0 Å². The largest absolute Gasteiger partial charge is 0.467 e. The van der Waals surface area contributed by atoms with Gasteiger partial charge in [0, 0.05) is 0 Å². The monoisotopic (exact) mass is 256 g/mol. The molecule has 1 heterocycles. The Labute approximate surface area is 104 Å². The zero-order chi connectivity index (χ0) is 13.1. The van der Waals surface area contributed by atoms with Gasteiger partial charge in [0.1, 0.15) is 16.4 Å². The van der Waals surface area contributed by atoms with Crippen LogP contribution in [0.1, 0.15) is 24.3 Å². The quantitative estimate of drug-likeness (QED) is 0.656. The number of nitrogens with zero attached hydrogens (tertiary/aromatic N) is 1. The van der Waals surface area contributed by atoms with Crippen molar-refractivity contribution in [2.75, 3.05) is 7.11 Å². The van der Waals surface area contributed by atoms with Crippen LogP contribution in [-0.4, -0.2) is 29.5 Å². The van der Waals surface area contributed by atoms with Crippen LogP contribution in [0.3, 0.4) is 0 Å². The van der Waals surface area contributed by atoms with Gasteiger partial charge in [-0.1, -0.05) is 17.7 Å². The highest BCUT2D eigenvalue weighted by Gasteiger charge is 2.31. The first-order valence-electron chi connectivity index (χ1n) is 4.90. The number of hydrogen-bond acceptors (Lipinski definition) is 4. The second kappa shape index (κ2) is 5.14. The fraction of sp³-hybridized carbons (Fsp3) is 0.364. The van der Waals surface area contributed by atoms with E-state index in [1.807, 2.05) is 0 Å². The second-order valence-corrected chi connectivity index (χ2v) is 4.30. The van der Waals surface area contributed by atoms with Crippen molar-refractivity contribution in [1.82, 2.24) is 10.3 Å². The lowest BCUT2D eigenvalue weighted by Crippen LogP contribution is -2.50. The molecule has 1 amide bonds. The van der Waals surface area contributed by atoms with Crippen LogP contribution in [0, 0.1) is 0 Å². The van der Waals surface area contributed by atoms with Gasteiger partial charge in [0.2, 0.25) is 0 Å². The minimum atomic E-state index is -1.12. The summed E-state index contributed by atoms with van der Waals surface area (Å²) in [5.41, 5.74) is -0.968. The summed E-state index contributed by atoms with van der Waals surface area (Å²) >= 11 is 5.67. The fourth-order valence-electron chi connectivity index (χ4n) is 1.19. The molecule has 0 radical (unpaired) electrons. The van der Waals surface area contributed by atoms with Crippen LogP contribution in [0.25, 0.3) is 0 Å². The summed E-state index contributed by atoms with van der Waals surface area (Å²) in [7, 11) is 1.26. The lowest BCUT2D eigenvalue weighted by Gasteiger charge is -2.22. The molecule has 0 saturated heterocycles. The number of ether oxygens (including phenoxy) is 1. The molecule has 0 aliphatic rings. The number of rotatable bonds is 3. The van der Waals surface area contributed by atoms with Gasteiger partial charge >= 0.3 is 5.97 Å². The number of aromatic nitrogens is 1. The molecule has 0 aliphatic heterocycles. The molecular formula is C11H13ClN2O3. The molecule has 1 aromatic rings.